The first kappa shape index (κ1) is 27.3. The van der Waals surface area contributed by atoms with Crippen LogP contribution in [0.5, 0.6) is 17.2 Å². The van der Waals surface area contributed by atoms with Crippen molar-refractivity contribution in [1.82, 2.24) is 0 Å². The highest BCUT2D eigenvalue weighted by atomic mass is 16.5. The topological polar surface area (TPSA) is 128 Å². The molecular formula is C30H35NO7. The van der Waals surface area contributed by atoms with Gasteiger partial charge in [0.2, 0.25) is 0 Å². The Morgan fingerprint density at radius 3 is 2.50 bits per heavy atom. The van der Waals surface area contributed by atoms with Crippen LogP contribution in [0.3, 0.4) is 0 Å². The molecule has 202 valence electrons. The summed E-state index contributed by atoms with van der Waals surface area (Å²) in [5.41, 5.74) is 3.05. The molecule has 0 bridgehead atoms. The summed E-state index contributed by atoms with van der Waals surface area (Å²) >= 11 is 0. The first-order valence-electron chi connectivity index (χ1n) is 12.8. The van der Waals surface area contributed by atoms with Crippen LogP contribution in [0.4, 0.5) is 5.69 Å². The number of aromatic carboxylic acids is 1. The molecule has 1 amide bonds. The normalized spacial score (nSPS) is 20.6. The number of carboxylic acids is 1. The van der Waals surface area contributed by atoms with E-state index in [-0.39, 0.29) is 29.8 Å². The molecule has 2 aliphatic heterocycles. The summed E-state index contributed by atoms with van der Waals surface area (Å²) in [5, 5.41) is 41.0. The monoisotopic (exact) mass is 521 g/mol. The molecule has 2 heterocycles. The number of aliphatic hydroxyl groups excluding tert-OH is 1. The number of phenols is 2. The first-order valence-corrected chi connectivity index (χ1v) is 12.8. The zero-order chi connectivity index (χ0) is 27.8. The molecule has 0 fully saturated rings. The lowest BCUT2D eigenvalue weighted by molar-refractivity contribution is -0.0597. The van der Waals surface area contributed by atoms with Crippen molar-refractivity contribution in [3.05, 3.63) is 69.8 Å². The maximum Gasteiger partial charge on any atom is 0.339 e. The summed E-state index contributed by atoms with van der Waals surface area (Å²) in [4.78, 5) is 25.9. The standard InChI is InChI=1S/C30H35NO7/c1-17(2)7-5-8-18(3)9-6-12-30(4)26(34)15-22-25(33)14-21-23(27(22)38-30)16-31(28(21)35)19-10-11-20(29(36)37)24(32)13-19/h7,9-11,13-14,26,32-34H,5-6,8,12,15-16H2,1-4H3,(H,36,37)/b18-9+. The highest BCUT2D eigenvalue weighted by Crippen LogP contribution is 2.47. The van der Waals surface area contributed by atoms with Gasteiger partial charge in [-0.2, -0.15) is 0 Å². The number of nitrogens with zero attached hydrogens (tertiary/aromatic N) is 1. The highest BCUT2D eigenvalue weighted by Gasteiger charge is 2.44. The van der Waals surface area contributed by atoms with E-state index in [0.717, 1.165) is 12.8 Å². The zero-order valence-electron chi connectivity index (χ0n) is 22.2. The fourth-order valence-corrected chi connectivity index (χ4v) is 5.08. The van der Waals surface area contributed by atoms with Crippen molar-refractivity contribution >= 4 is 17.6 Å². The molecule has 0 radical (unpaired) electrons. The summed E-state index contributed by atoms with van der Waals surface area (Å²) in [6.45, 7) is 8.24. The Labute approximate surface area is 222 Å². The third-order valence-corrected chi connectivity index (χ3v) is 7.44. The molecule has 4 rings (SSSR count). The van der Waals surface area contributed by atoms with Gasteiger partial charge in [-0.1, -0.05) is 23.3 Å². The first-order chi connectivity index (χ1) is 17.9. The van der Waals surface area contributed by atoms with Gasteiger partial charge >= 0.3 is 5.97 Å². The summed E-state index contributed by atoms with van der Waals surface area (Å²) in [7, 11) is 0. The Kier molecular flexibility index (Phi) is 7.56. The molecule has 0 saturated carbocycles. The number of fused-ring (bicyclic) bond motifs is 3. The number of anilines is 1. The third-order valence-electron chi connectivity index (χ3n) is 7.44. The van der Waals surface area contributed by atoms with E-state index in [0.29, 0.717) is 35.4 Å². The van der Waals surface area contributed by atoms with Crippen molar-refractivity contribution in [2.75, 3.05) is 4.90 Å². The summed E-state index contributed by atoms with van der Waals surface area (Å²) in [6.07, 6.45) is 6.95. The molecule has 2 aromatic rings. The van der Waals surface area contributed by atoms with Crippen molar-refractivity contribution in [3.8, 4) is 17.2 Å². The number of carboxylic acid groups (broad SMARTS) is 1. The lowest BCUT2D eigenvalue weighted by atomic mass is 9.84. The Bertz CT molecular complexity index is 1340. The van der Waals surface area contributed by atoms with Crippen LogP contribution in [0.15, 0.2) is 47.6 Å². The van der Waals surface area contributed by atoms with E-state index >= 15 is 0 Å². The van der Waals surface area contributed by atoms with Gasteiger partial charge in [0.15, 0.2) is 0 Å². The van der Waals surface area contributed by atoms with Crippen molar-refractivity contribution < 1.29 is 34.8 Å². The van der Waals surface area contributed by atoms with Crippen LogP contribution in [0.1, 0.15) is 85.2 Å². The predicted molar refractivity (Wildman–Crippen MR) is 144 cm³/mol. The van der Waals surface area contributed by atoms with E-state index in [2.05, 4.69) is 32.9 Å². The Balaban J connectivity index is 1.57. The van der Waals surface area contributed by atoms with Crippen LogP contribution in [0, 0.1) is 0 Å². The number of phenolic OH excluding ortho intramolecular Hbond substituents is 1. The van der Waals surface area contributed by atoms with Gasteiger partial charge in [-0.15, -0.1) is 0 Å². The van der Waals surface area contributed by atoms with Crippen molar-refractivity contribution in [2.45, 2.75) is 78.0 Å². The molecule has 2 unspecified atom stereocenters. The average Bonchev–Trinajstić information content (AvgIpc) is 3.16. The lowest BCUT2D eigenvalue weighted by Gasteiger charge is -2.40. The molecule has 0 aromatic heterocycles. The van der Waals surface area contributed by atoms with Gasteiger partial charge in [0.05, 0.1) is 18.2 Å². The number of carbonyl (C=O) groups is 2. The van der Waals surface area contributed by atoms with Gasteiger partial charge in [0, 0.05) is 29.3 Å². The number of hydrogen-bond donors (Lipinski definition) is 4. The molecule has 4 N–H and O–H groups in total. The van der Waals surface area contributed by atoms with Gasteiger partial charge in [-0.3, -0.25) is 4.79 Å². The second-order valence-corrected chi connectivity index (χ2v) is 10.7. The fourth-order valence-electron chi connectivity index (χ4n) is 5.08. The number of amides is 1. The molecule has 2 aliphatic rings. The SMILES string of the molecule is CC(C)=CCC/C(C)=C/CCC1(C)Oc2c(c(O)cc3c2CN(c2ccc(C(=O)O)c(O)c2)C3=O)CC1O. The quantitative estimate of drug-likeness (QED) is 0.339. The number of allylic oxidation sites excluding steroid dienone is 4. The van der Waals surface area contributed by atoms with Crippen LogP contribution < -0.4 is 9.64 Å². The van der Waals surface area contributed by atoms with Gasteiger partial charge in [-0.05, 0) is 71.6 Å². The number of carbonyl (C=O) groups excluding carboxylic acids is 1. The van der Waals surface area contributed by atoms with Crippen LogP contribution >= 0.6 is 0 Å². The fraction of sp³-hybridized carbons (Fsp3) is 0.400. The van der Waals surface area contributed by atoms with E-state index in [9.17, 15) is 30.0 Å². The van der Waals surface area contributed by atoms with E-state index < -0.39 is 29.3 Å². The van der Waals surface area contributed by atoms with Crippen molar-refractivity contribution in [3.63, 3.8) is 0 Å². The summed E-state index contributed by atoms with van der Waals surface area (Å²) in [6, 6.07) is 5.33. The summed E-state index contributed by atoms with van der Waals surface area (Å²) < 4.78 is 6.40. The van der Waals surface area contributed by atoms with Crippen molar-refractivity contribution in [2.24, 2.45) is 0 Å². The molecule has 0 spiro atoms. The largest absolute Gasteiger partial charge is 0.508 e. The summed E-state index contributed by atoms with van der Waals surface area (Å²) in [5.74, 6) is -1.83. The third kappa shape index (κ3) is 5.27. The Hall–Kier alpha value is -3.78. The second kappa shape index (κ2) is 10.5. The molecule has 38 heavy (non-hydrogen) atoms. The minimum absolute atomic E-state index is 0.117. The smallest absolute Gasteiger partial charge is 0.339 e. The van der Waals surface area contributed by atoms with Crippen LogP contribution in [-0.2, 0) is 13.0 Å². The molecule has 8 nitrogen and oxygen atoms in total. The van der Waals surface area contributed by atoms with Crippen LogP contribution in [-0.4, -0.2) is 44.0 Å². The molecular weight excluding hydrogens is 486 g/mol. The maximum atomic E-state index is 13.3. The molecule has 0 aliphatic carbocycles. The Morgan fingerprint density at radius 2 is 1.84 bits per heavy atom. The lowest BCUT2D eigenvalue weighted by Crippen LogP contribution is -2.49. The van der Waals surface area contributed by atoms with Crippen molar-refractivity contribution in [1.29, 1.82) is 0 Å². The molecule has 2 atom stereocenters. The zero-order valence-corrected chi connectivity index (χ0v) is 22.2. The van der Waals surface area contributed by atoms with E-state index in [1.165, 1.54) is 40.3 Å². The average molecular weight is 522 g/mol. The predicted octanol–water partition coefficient (Wildman–Crippen LogP) is 5.48. The number of rotatable bonds is 8. The minimum atomic E-state index is -1.27. The van der Waals surface area contributed by atoms with Gasteiger partial charge in [-0.25, -0.2) is 4.79 Å². The molecule has 0 saturated heterocycles. The second-order valence-electron chi connectivity index (χ2n) is 10.7. The van der Waals surface area contributed by atoms with Crippen LogP contribution in [0.2, 0.25) is 0 Å². The highest BCUT2D eigenvalue weighted by molar-refractivity contribution is 6.11. The number of hydrogen-bond acceptors (Lipinski definition) is 6. The molecule has 8 heteroatoms. The number of aromatic hydroxyl groups is 2. The van der Waals surface area contributed by atoms with E-state index in [1.54, 1.807) is 0 Å². The van der Waals surface area contributed by atoms with E-state index in [4.69, 9.17) is 4.74 Å². The molecule has 2 aromatic carbocycles. The van der Waals surface area contributed by atoms with E-state index in [1.807, 2.05) is 6.92 Å². The van der Waals surface area contributed by atoms with Crippen LogP contribution in [0.25, 0.3) is 0 Å². The maximum absolute atomic E-state index is 13.3. The number of aliphatic hydroxyl groups is 1. The van der Waals surface area contributed by atoms with Gasteiger partial charge < -0.3 is 30.1 Å². The Morgan fingerprint density at radius 1 is 1.11 bits per heavy atom. The van der Waals surface area contributed by atoms with Gasteiger partial charge in [0.25, 0.3) is 5.91 Å². The minimum Gasteiger partial charge on any atom is -0.508 e. The number of benzene rings is 2. The van der Waals surface area contributed by atoms with Gasteiger partial charge in [0.1, 0.15) is 28.4 Å². The number of ether oxygens (including phenoxy) is 1.